The second kappa shape index (κ2) is 7.39. The topological polar surface area (TPSA) is 64.7 Å². The quantitative estimate of drug-likeness (QED) is 0.332. The third kappa shape index (κ3) is 3.03. The van der Waals surface area contributed by atoms with Gasteiger partial charge in [0.2, 0.25) is 0 Å². The zero-order valence-corrected chi connectivity index (χ0v) is 17.4. The van der Waals surface area contributed by atoms with E-state index in [1.165, 1.54) is 0 Å². The number of aromatic nitrogens is 4. The van der Waals surface area contributed by atoms with Gasteiger partial charge in [0.05, 0.1) is 0 Å². The minimum Gasteiger partial charge on any atom is -0.456 e. The molecule has 3 aromatic carbocycles. The molecule has 0 radical (unpaired) electrons. The molecule has 5 nitrogen and oxygen atoms in total. The Balaban J connectivity index is 1.59. The Morgan fingerprint density at radius 1 is 0.625 bits per heavy atom. The summed E-state index contributed by atoms with van der Waals surface area (Å²) in [4.78, 5) is 18.6. The fraction of sp³-hybridized carbons (Fsp3) is 0.0370. The molecule has 0 saturated heterocycles. The number of benzene rings is 3. The first-order valence-corrected chi connectivity index (χ1v) is 10.4. The van der Waals surface area contributed by atoms with E-state index >= 15 is 0 Å². The largest absolute Gasteiger partial charge is 0.456 e. The van der Waals surface area contributed by atoms with Gasteiger partial charge in [-0.2, -0.15) is 0 Å². The van der Waals surface area contributed by atoms with Gasteiger partial charge in [0.25, 0.3) is 0 Å². The van der Waals surface area contributed by atoms with Gasteiger partial charge in [0.1, 0.15) is 17.0 Å². The maximum absolute atomic E-state index is 6.06. The van der Waals surface area contributed by atoms with Gasteiger partial charge in [-0.1, -0.05) is 60.7 Å². The zero-order valence-electron chi connectivity index (χ0n) is 17.4. The number of nitrogens with zero attached hydrogens (tertiary/aromatic N) is 4. The smallest absolute Gasteiger partial charge is 0.164 e. The van der Waals surface area contributed by atoms with Crippen molar-refractivity contribution >= 4 is 21.9 Å². The van der Waals surface area contributed by atoms with Crippen LogP contribution in [0.3, 0.4) is 0 Å². The van der Waals surface area contributed by atoms with Crippen molar-refractivity contribution in [2.45, 2.75) is 6.92 Å². The molecule has 152 valence electrons. The van der Waals surface area contributed by atoms with Crippen molar-refractivity contribution in [1.82, 2.24) is 19.9 Å². The van der Waals surface area contributed by atoms with Crippen LogP contribution in [-0.4, -0.2) is 19.9 Å². The Labute approximate surface area is 184 Å². The van der Waals surface area contributed by atoms with E-state index in [0.29, 0.717) is 17.5 Å². The van der Waals surface area contributed by atoms with E-state index in [0.717, 1.165) is 44.2 Å². The summed E-state index contributed by atoms with van der Waals surface area (Å²) in [5.74, 6) is 1.93. The molecule has 0 amide bonds. The van der Waals surface area contributed by atoms with Crippen LogP contribution in [0, 0.1) is 6.92 Å². The molecule has 0 unspecified atom stereocenters. The predicted molar refractivity (Wildman–Crippen MR) is 126 cm³/mol. The average Bonchev–Trinajstić information content (AvgIpc) is 3.23. The number of fused-ring (bicyclic) bond motifs is 3. The van der Waals surface area contributed by atoms with Crippen LogP contribution in [0.5, 0.6) is 0 Å². The first-order chi connectivity index (χ1) is 15.8. The normalized spacial score (nSPS) is 11.3. The number of rotatable bonds is 3. The maximum Gasteiger partial charge on any atom is 0.164 e. The van der Waals surface area contributed by atoms with Gasteiger partial charge < -0.3 is 4.42 Å². The molecule has 5 heteroatoms. The van der Waals surface area contributed by atoms with Gasteiger partial charge in [-0.15, -0.1) is 0 Å². The van der Waals surface area contributed by atoms with Gasteiger partial charge in [0, 0.05) is 39.9 Å². The average molecular weight is 414 g/mol. The van der Waals surface area contributed by atoms with Crippen molar-refractivity contribution < 1.29 is 4.42 Å². The first kappa shape index (κ1) is 18.4. The van der Waals surface area contributed by atoms with Crippen LogP contribution in [0.25, 0.3) is 55.8 Å². The van der Waals surface area contributed by atoms with E-state index in [2.05, 4.69) is 22.1 Å². The van der Waals surface area contributed by atoms with Crippen molar-refractivity contribution in [2.24, 2.45) is 0 Å². The second-order valence-electron chi connectivity index (χ2n) is 7.59. The van der Waals surface area contributed by atoms with E-state index in [9.17, 15) is 0 Å². The first-order valence-electron chi connectivity index (χ1n) is 10.4. The second-order valence-corrected chi connectivity index (χ2v) is 7.59. The lowest BCUT2D eigenvalue weighted by Gasteiger charge is -2.11. The molecule has 0 spiro atoms. The van der Waals surface area contributed by atoms with Crippen LogP contribution >= 0.6 is 0 Å². The molecular weight excluding hydrogens is 396 g/mol. The maximum atomic E-state index is 6.06. The third-order valence-electron chi connectivity index (χ3n) is 5.53. The van der Waals surface area contributed by atoms with E-state index in [1.807, 2.05) is 79.9 Å². The predicted octanol–water partition coefficient (Wildman–Crippen LogP) is 6.48. The Morgan fingerprint density at radius 2 is 1.34 bits per heavy atom. The van der Waals surface area contributed by atoms with E-state index in [1.54, 1.807) is 6.20 Å². The molecule has 0 saturated carbocycles. The van der Waals surface area contributed by atoms with Gasteiger partial charge in [0.15, 0.2) is 11.6 Å². The summed E-state index contributed by atoms with van der Waals surface area (Å²) in [6.45, 7) is 1.90. The van der Waals surface area contributed by atoms with Crippen LogP contribution in [0.2, 0.25) is 0 Å². The van der Waals surface area contributed by atoms with E-state index in [4.69, 9.17) is 14.4 Å². The zero-order chi connectivity index (χ0) is 21.5. The molecule has 0 aliphatic carbocycles. The van der Waals surface area contributed by atoms with Gasteiger partial charge >= 0.3 is 0 Å². The number of para-hydroxylation sites is 1. The summed E-state index contributed by atoms with van der Waals surface area (Å²) in [7, 11) is 0. The van der Waals surface area contributed by atoms with Crippen molar-refractivity contribution in [3.05, 3.63) is 97.1 Å². The fourth-order valence-electron chi connectivity index (χ4n) is 4.14. The molecule has 0 atom stereocenters. The van der Waals surface area contributed by atoms with Crippen LogP contribution < -0.4 is 0 Å². The summed E-state index contributed by atoms with van der Waals surface area (Å²) in [5.41, 5.74) is 5.59. The molecule has 6 aromatic rings. The highest BCUT2D eigenvalue weighted by Crippen LogP contribution is 2.36. The summed E-state index contributed by atoms with van der Waals surface area (Å²) >= 11 is 0. The van der Waals surface area contributed by atoms with E-state index in [-0.39, 0.29) is 0 Å². The molecule has 6 rings (SSSR count). The molecular formula is C27H18N4O. The Bertz CT molecular complexity index is 1590. The van der Waals surface area contributed by atoms with Crippen molar-refractivity contribution in [3.63, 3.8) is 0 Å². The Morgan fingerprint density at radius 3 is 2.19 bits per heavy atom. The lowest BCUT2D eigenvalue weighted by molar-refractivity contribution is 0.669. The summed E-state index contributed by atoms with van der Waals surface area (Å²) in [6, 6.07) is 26.1. The molecule has 0 aliphatic rings. The third-order valence-corrected chi connectivity index (χ3v) is 5.53. The highest BCUT2D eigenvalue weighted by molar-refractivity contribution is 6.11. The van der Waals surface area contributed by atoms with Crippen molar-refractivity contribution in [1.29, 1.82) is 0 Å². The monoisotopic (exact) mass is 414 g/mol. The molecule has 32 heavy (non-hydrogen) atoms. The summed E-state index contributed by atoms with van der Waals surface area (Å²) in [6.07, 6.45) is 3.62. The van der Waals surface area contributed by atoms with Crippen LogP contribution in [0.4, 0.5) is 0 Å². The lowest BCUT2D eigenvalue weighted by atomic mass is 10.0. The Hall–Kier alpha value is -4.38. The van der Waals surface area contributed by atoms with Crippen LogP contribution in [0.1, 0.15) is 5.82 Å². The SMILES string of the molecule is Cc1nc(-c2ccccc2-c2cccnc2)nc(-c2cccc3oc4ccccc4c23)n1. The highest BCUT2D eigenvalue weighted by atomic mass is 16.3. The lowest BCUT2D eigenvalue weighted by Crippen LogP contribution is -2.00. The molecule has 0 bridgehead atoms. The minimum absolute atomic E-state index is 0.630. The summed E-state index contributed by atoms with van der Waals surface area (Å²) < 4.78 is 6.06. The van der Waals surface area contributed by atoms with E-state index < -0.39 is 0 Å². The van der Waals surface area contributed by atoms with Gasteiger partial charge in [-0.05, 0) is 30.7 Å². The van der Waals surface area contributed by atoms with Crippen molar-refractivity contribution in [2.75, 3.05) is 0 Å². The van der Waals surface area contributed by atoms with Crippen LogP contribution in [-0.2, 0) is 0 Å². The number of hydrogen-bond donors (Lipinski definition) is 0. The fourth-order valence-corrected chi connectivity index (χ4v) is 4.14. The van der Waals surface area contributed by atoms with Gasteiger partial charge in [-0.3, -0.25) is 4.98 Å². The standard InChI is InChI=1S/C27H18N4O/c1-17-29-26(20-10-3-2-9-19(20)18-8-7-15-28-16-18)31-27(30-17)22-12-6-14-24-25(22)21-11-4-5-13-23(21)32-24/h2-16H,1H3. The minimum atomic E-state index is 0.630. The molecule has 0 aliphatic heterocycles. The number of furan rings is 1. The van der Waals surface area contributed by atoms with Crippen molar-refractivity contribution in [3.8, 4) is 33.9 Å². The Kier molecular flexibility index (Phi) is 4.25. The number of pyridine rings is 1. The molecule has 3 aromatic heterocycles. The van der Waals surface area contributed by atoms with Gasteiger partial charge in [-0.25, -0.2) is 15.0 Å². The van der Waals surface area contributed by atoms with Crippen LogP contribution in [0.15, 0.2) is 95.7 Å². The molecule has 3 heterocycles. The molecule has 0 fully saturated rings. The molecule has 0 N–H and O–H groups in total. The summed E-state index contributed by atoms with van der Waals surface area (Å²) in [5, 5.41) is 2.06. The number of hydrogen-bond acceptors (Lipinski definition) is 5. The number of aryl methyl sites for hydroxylation is 1. The highest BCUT2D eigenvalue weighted by Gasteiger charge is 2.17.